The number of ether oxygens (including phenoxy) is 3. The molecule has 0 N–H and O–H groups in total. The standard InChI is InChI=1S/C37H39FO4/c1-24-17-26(3)36(32(18-24)29-15-16-34(38)25(2)19-29)33(37(39)28-13-9-6-10-14-28)21-31-20-30(22-35(40-4)42-31)41-23-27-11-7-5-8-12-27/h5-19,30-31,33,35H,20-23H2,1-4H3. The summed E-state index contributed by atoms with van der Waals surface area (Å²) >= 11 is 0. The molecule has 1 saturated heterocycles. The molecule has 218 valence electrons. The summed E-state index contributed by atoms with van der Waals surface area (Å²) in [5, 5.41) is 0. The summed E-state index contributed by atoms with van der Waals surface area (Å²) in [4.78, 5) is 14.3. The number of aryl methyl sites for hydroxylation is 3. The molecule has 4 atom stereocenters. The quantitative estimate of drug-likeness (QED) is 0.181. The molecule has 1 fully saturated rings. The number of carbonyl (C=O) groups excluding carboxylic acids is 1. The molecule has 0 saturated carbocycles. The maximum Gasteiger partial charge on any atom is 0.170 e. The van der Waals surface area contributed by atoms with Crippen molar-refractivity contribution < 1.29 is 23.4 Å². The van der Waals surface area contributed by atoms with Gasteiger partial charge in [-0.15, -0.1) is 0 Å². The third kappa shape index (κ3) is 7.04. The Kier molecular flexibility index (Phi) is 9.63. The van der Waals surface area contributed by atoms with Gasteiger partial charge in [0.1, 0.15) is 5.82 Å². The monoisotopic (exact) mass is 566 g/mol. The molecule has 0 spiro atoms. The van der Waals surface area contributed by atoms with Crippen LogP contribution in [0.2, 0.25) is 0 Å². The number of benzene rings is 4. The fourth-order valence-corrected chi connectivity index (χ4v) is 6.07. The van der Waals surface area contributed by atoms with Crippen LogP contribution in [0.3, 0.4) is 0 Å². The van der Waals surface area contributed by atoms with Crippen LogP contribution in [-0.4, -0.2) is 31.4 Å². The maximum atomic E-state index is 14.3. The Labute approximate surface area is 248 Å². The first-order valence-corrected chi connectivity index (χ1v) is 14.6. The van der Waals surface area contributed by atoms with E-state index in [1.807, 2.05) is 61.5 Å². The van der Waals surface area contributed by atoms with E-state index in [2.05, 4.69) is 31.2 Å². The summed E-state index contributed by atoms with van der Waals surface area (Å²) in [5.41, 5.74) is 7.23. The van der Waals surface area contributed by atoms with Gasteiger partial charge in [0.25, 0.3) is 0 Å². The molecule has 0 aliphatic carbocycles. The van der Waals surface area contributed by atoms with Crippen molar-refractivity contribution in [3.05, 3.63) is 130 Å². The average molecular weight is 567 g/mol. The molecule has 4 aromatic rings. The molecule has 1 aliphatic heterocycles. The Morgan fingerprint density at radius 2 is 1.62 bits per heavy atom. The number of carbonyl (C=O) groups is 1. The highest BCUT2D eigenvalue weighted by molar-refractivity contribution is 6.02. The van der Waals surface area contributed by atoms with Crippen LogP contribution in [0.15, 0.2) is 91.0 Å². The summed E-state index contributed by atoms with van der Waals surface area (Å²) in [6.07, 6.45) is 0.998. The van der Waals surface area contributed by atoms with E-state index in [9.17, 15) is 9.18 Å². The minimum absolute atomic E-state index is 0.0348. The Hall–Kier alpha value is -3.64. The van der Waals surface area contributed by atoms with Gasteiger partial charge in [0.2, 0.25) is 0 Å². The summed E-state index contributed by atoms with van der Waals surface area (Å²) in [5.74, 6) is -0.694. The fraction of sp³-hybridized carbons (Fsp3) is 0.324. The van der Waals surface area contributed by atoms with E-state index in [0.717, 1.165) is 33.4 Å². The van der Waals surface area contributed by atoms with E-state index < -0.39 is 12.2 Å². The molecular weight excluding hydrogens is 527 g/mol. The van der Waals surface area contributed by atoms with Crippen molar-refractivity contribution in [2.75, 3.05) is 7.11 Å². The van der Waals surface area contributed by atoms with Gasteiger partial charge in [-0.2, -0.15) is 0 Å². The van der Waals surface area contributed by atoms with E-state index in [0.29, 0.717) is 37.0 Å². The third-order valence-electron chi connectivity index (χ3n) is 8.14. The lowest BCUT2D eigenvalue weighted by molar-refractivity contribution is -0.214. The summed E-state index contributed by atoms with van der Waals surface area (Å²) in [7, 11) is 1.65. The van der Waals surface area contributed by atoms with Crippen molar-refractivity contribution in [2.24, 2.45) is 0 Å². The number of methoxy groups -OCH3 is 1. The van der Waals surface area contributed by atoms with E-state index in [1.165, 1.54) is 6.07 Å². The topological polar surface area (TPSA) is 44.8 Å². The molecule has 0 bridgehead atoms. The van der Waals surface area contributed by atoms with E-state index >= 15 is 0 Å². The molecule has 5 heteroatoms. The zero-order chi connectivity index (χ0) is 29.6. The smallest absolute Gasteiger partial charge is 0.170 e. The van der Waals surface area contributed by atoms with Crippen LogP contribution >= 0.6 is 0 Å². The van der Waals surface area contributed by atoms with Crippen molar-refractivity contribution in [2.45, 2.75) is 71.1 Å². The number of rotatable bonds is 10. The minimum Gasteiger partial charge on any atom is -0.373 e. The van der Waals surface area contributed by atoms with Gasteiger partial charge in [0, 0.05) is 25.5 Å². The minimum atomic E-state index is -0.483. The third-order valence-corrected chi connectivity index (χ3v) is 8.14. The van der Waals surface area contributed by atoms with Crippen LogP contribution in [0.5, 0.6) is 0 Å². The van der Waals surface area contributed by atoms with Gasteiger partial charge in [-0.1, -0.05) is 84.4 Å². The number of hydrogen-bond donors (Lipinski definition) is 0. The highest BCUT2D eigenvalue weighted by Crippen LogP contribution is 2.40. The molecule has 4 unspecified atom stereocenters. The Balaban J connectivity index is 1.51. The van der Waals surface area contributed by atoms with Crippen LogP contribution in [0, 0.1) is 26.6 Å². The predicted octanol–water partition coefficient (Wildman–Crippen LogP) is 8.51. The first-order valence-electron chi connectivity index (χ1n) is 14.6. The van der Waals surface area contributed by atoms with Gasteiger partial charge in [0.15, 0.2) is 12.1 Å². The summed E-state index contributed by atoms with van der Waals surface area (Å²) in [6.45, 7) is 6.38. The molecule has 0 amide bonds. The van der Waals surface area contributed by atoms with E-state index in [4.69, 9.17) is 14.2 Å². The molecule has 42 heavy (non-hydrogen) atoms. The number of Topliss-reactive ketones (excluding diaryl/α,β-unsaturated/α-hetero) is 1. The zero-order valence-corrected chi connectivity index (χ0v) is 24.8. The van der Waals surface area contributed by atoms with Crippen molar-refractivity contribution in [1.29, 1.82) is 0 Å². The van der Waals surface area contributed by atoms with Crippen LogP contribution in [0.4, 0.5) is 4.39 Å². The molecule has 1 aliphatic rings. The SMILES string of the molecule is COC1CC(OCc2ccccc2)CC(CC(C(=O)c2ccccc2)c2c(C)cc(C)cc2-c2ccc(F)c(C)c2)O1. The molecule has 4 aromatic carbocycles. The number of halogens is 1. The van der Waals surface area contributed by atoms with Crippen LogP contribution in [0.25, 0.3) is 11.1 Å². The second-order valence-electron chi connectivity index (χ2n) is 11.3. The van der Waals surface area contributed by atoms with Crippen molar-refractivity contribution >= 4 is 5.78 Å². The number of ketones is 1. The Bertz CT molecular complexity index is 1500. The Morgan fingerprint density at radius 1 is 0.905 bits per heavy atom. The lowest BCUT2D eigenvalue weighted by Crippen LogP contribution is -2.39. The highest BCUT2D eigenvalue weighted by atomic mass is 19.1. The molecular formula is C37H39FO4. The van der Waals surface area contributed by atoms with Crippen LogP contribution in [0.1, 0.15) is 63.4 Å². The van der Waals surface area contributed by atoms with Gasteiger partial charge in [-0.05, 0) is 72.7 Å². The fourth-order valence-electron chi connectivity index (χ4n) is 6.07. The Morgan fingerprint density at radius 3 is 2.31 bits per heavy atom. The van der Waals surface area contributed by atoms with Crippen LogP contribution < -0.4 is 0 Å². The largest absolute Gasteiger partial charge is 0.373 e. The molecule has 0 radical (unpaired) electrons. The van der Waals surface area contributed by atoms with E-state index in [-0.39, 0.29) is 23.8 Å². The van der Waals surface area contributed by atoms with Gasteiger partial charge < -0.3 is 14.2 Å². The summed E-state index contributed by atoms with van der Waals surface area (Å²) < 4.78 is 32.7. The molecule has 1 heterocycles. The second kappa shape index (κ2) is 13.6. The molecule has 4 nitrogen and oxygen atoms in total. The van der Waals surface area contributed by atoms with Gasteiger partial charge >= 0.3 is 0 Å². The average Bonchev–Trinajstić information content (AvgIpc) is 3.00. The zero-order valence-electron chi connectivity index (χ0n) is 24.8. The second-order valence-corrected chi connectivity index (χ2v) is 11.3. The molecule has 5 rings (SSSR count). The molecule has 0 aromatic heterocycles. The first kappa shape index (κ1) is 29.8. The lowest BCUT2D eigenvalue weighted by Gasteiger charge is -2.36. The van der Waals surface area contributed by atoms with Gasteiger partial charge in [0.05, 0.1) is 24.7 Å². The summed E-state index contributed by atoms with van der Waals surface area (Å²) in [6, 6.07) is 28.9. The van der Waals surface area contributed by atoms with Crippen LogP contribution in [-0.2, 0) is 20.8 Å². The normalized spacial score (nSPS) is 19.4. The van der Waals surface area contributed by atoms with E-state index in [1.54, 1.807) is 20.1 Å². The predicted molar refractivity (Wildman–Crippen MR) is 164 cm³/mol. The first-order chi connectivity index (χ1) is 20.3. The maximum absolute atomic E-state index is 14.3. The highest BCUT2D eigenvalue weighted by Gasteiger charge is 2.36. The van der Waals surface area contributed by atoms with Crippen molar-refractivity contribution in [3.63, 3.8) is 0 Å². The van der Waals surface area contributed by atoms with Gasteiger partial charge in [-0.3, -0.25) is 4.79 Å². The van der Waals surface area contributed by atoms with Crippen molar-refractivity contribution in [1.82, 2.24) is 0 Å². The number of hydrogen-bond acceptors (Lipinski definition) is 4. The van der Waals surface area contributed by atoms with Crippen molar-refractivity contribution in [3.8, 4) is 11.1 Å². The van der Waals surface area contributed by atoms with Gasteiger partial charge in [-0.25, -0.2) is 4.39 Å². The lowest BCUT2D eigenvalue weighted by atomic mass is 9.78.